The van der Waals surface area contributed by atoms with Crippen molar-refractivity contribution in [1.29, 1.82) is 5.41 Å². The molecule has 0 aliphatic carbocycles. The van der Waals surface area contributed by atoms with Crippen LogP contribution in [-0.4, -0.2) is 23.1 Å². The lowest BCUT2D eigenvalue weighted by Crippen LogP contribution is -2.31. The number of halogens is 1. The van der Waals surface area contributed by atoms with Gasteiger partial charge in [-0.25, -0.2) is 4.79 Å². The molecule has 0 unspecified atom stereocenters. The number of hydrogen-bond acceptors (Lipinski definition) is 3. The first-order valence-electron chi connectivity index (χ1n) is 9.96. The normalized spacial score (nSPS) is 11.1. The summed E-state index contributed by atoms with van der Waals surface area (Å²) in [6, 6.07) is 17.9. The van der Waals surface area contributed by atoms with Crippen molar-refractivity contribution in [1.82, 2.24) is 9.88 Å². The summed E-state index contributed by atoms with van der Waals surface area (Å²) in [5.41, 5.74) is 9.63. The van der Waals surface area contributed by atoms with Gasteiger partial charge in [-0.15, -0.1) is 0 Å². The molecule has 0 amide bonds. The minimum atomic E-state index is -0.391. The van der Waals surface area contributed by atoms with Crippen LogP contribution in [0.5, 0.6) is 0 Å². The van der Waals surface area contributed by atoms with E-state index < -0.39 is 5.97 Å². The number of nitrogens with zero attached hydrogens (tertiary/aromatic N) is 1. The number of aryl methyl sites for hydroxylation is 1. The fourth-order valence-electron chi connectivity index (χ4n) is 3.99. The van der Waals surface area contributed by atoms with E-state index in [1.807, 2.05) is 54.1 Å². The van der Waals surface area contributed by atoms with Crippen molar-refractivity contribution < 1.29 is 9.53 Å². The highest BCUT2D eigenvalue weighted by Gasteiger charge is 2.23. The summed E-state index contributed by atoms with van der Waals surface area (Å²) in [7, 11) is 1.89. The lowest BCUT2D eigenvalue weighted by Gasteiger charge is -2.10. The molecule has 1 heterocycles. The first kappa shape index (κ1) is 20.8. The second kappa shape index (κ2) is 8.32. The summed E-state index contributed by atoms with van der Waals surface area (Å²) in [6.45, 7) is 2.30. The Balaban J connectivity index is 1.92. The molecule has 1 aromatic heterocycles. The van der Waals surface area contributed by atoms with Crippen molar-refractivity contribution >= 4 is 45.2 Å². The van der Waals surface area contributed by atoms with E-state index in [-0.39, 0.29) is 19.1 Å². The van der Waals surface area contributed by atoms with Gasteiger partial charge in [0.2, 0.25) is 0 Å². The zero-order valence-electron chi connectivity index (χ0n) is 17.3. The number of benzene rings is 3. The molecule has 0 aliphatic rings. The standard InChI is InChI=1S/C24H23ClN4O2/c1-3-31-23(30)22-18-9-8-14(12-20(18)29(2)21(22)13-28-24(26)27)15-10-11-19(25)17-7-5-4-6-16(15)17/h4-12H,3,13H2,1-2H3,(H4,26,27,28). The molecule has 6 nitrogen and oxygen atoms in total. The lowest BCUT2D eigenvalue weighted by molar-refractivity contribution is 0.0527. The number of aromatic nitrogens is 1. The van der Waals surface area contributed by atoms with Crippen LogP contribution in [0.3, 0.4) is 0 Å². The Morgan fingerprint density at radius 3 is 2.58 bits per heavy atom. The van der Waals surface area contributed by atoms with Crippen molar-refractivity contribution in [3.8, 4) is 11.1 Å². The number of carbonyl (C=O) groups is 1. The van der Waals surface area contributed by atoms with Crippen LogP contribution < -0.4 is 11.1 Å². The van der Waals surface area contributed by atoms with Gasteiger partial charge in [0.05, 0.1) is 24.4 Å². The Bertz CT molecular complexity index is 1330. The van der Waals surface area contributed by atoms with E-state index >= 15 is 0 Å². The fourth-order valence-corrected chi connectivity index (χ4v) is 4.22. The van der Waals surface area contributed by atoms with Crippen LogP contribution in [0.1, 0.15) is 23.0 Å². The maximum atomic E-state index is 12.7. The minimum Gasteiger partial charge on any atom is -0.462 e. The fraction of sp³-hybridized carbons (Fsp3) is 0.167. The molecule has 4 aromatic rings. The molecule has 0 bridgehead atoms. The predicted octanol–water partition coefficient (Wildman–Crippen LogP) is 4.81. The highest BCUT2D eigenvalue weighted by Crippen LogP contribution is 2.36. The molecule has 7 heteroatoms. The van der Waals surface area contributed by atoms with E-state index in [0.29, 0.717) is 16.3 Å². The number of esters is 1. The zero-order valence-corrected chi connectivity index (χ0v) is 18.1. The van der Waals surface area contributed by atoms with Crippen LogP contribution in [-0.2, 0) is 18.3 Å². The van der Waals surface area contributed by atoms with Gasteiger partial charge in [-0.2, -0.15) is 0 Å². The van der Waals surface area contributed by atoms with E-state index in [1.165, 1.54) is 0 Å². The van der Waals surface area contributed by atoms with Gasteiger partial charge in [-0.1, -0.05) is 54.1 Å². The van der Waals surface area contributed by atoms with Gasteiger partial charge >= 0.3 is 5.97 Å². The molecule has 4 N–H and O–H groups in total. The molecule has 31 heavy (non-hydrogen) atoms. The maximum absolute atomic E-state index is 12.7. The van der Waals surface area contributed by atoms with Crippen molar-refractivity contribution in [2.45, 2.75) is 13.5 Å². The topological polar surface area (TPSA) is 93.1 Å². The van der Waals surface area contributed by atoms with Gasteiger partial charge in [0, 0.05) is 28.4 Å². The van der Waals surface area contributed by atoms with Gasteiger partial charge in [-0.05, 0) is 35.6 Å². The minimum absolute atomic E-state index is 0.159. The Hall–Kier alpha value is -3.51. The Morgan fingerprint density at radius 2 is 1.87 bits per heavy atom. The number of guanidine groups is 1. The average molecular weight is 435 g/mol. The number of nitrogens with one attached hydrogen (secondary N) is 2. The number of nitrogens with two attached hydrogens (primary N) is 1. The average Bonchev–Trinajstić information content (AvgIpc) is 3.04. The first-order valence-corrected chi connectivity index (χ1v) is 10.3. The number of carbonyl (C=O) groups excluding carboxylic acids is 1. The summed E-state index contributed by atoms with van der Waals surface area (Å²) in [4.78, 5) is 12.7. The van der Waals surface area contributed by atoms with Crippen LogP contribution in [0, 0.1) is 5.41 Å². The molecule has 0 spiro atoms. The number of fused-ring (bicyclic) bond motifs is 2. The second-order valence-corrected chi connectivity index (χ2v) is 7.65. The molecule has 0 saturated heterocycles. The molecular weight excluding hydrogens is 412 g/mol. The van der Waals surface area contributed by atoms with Crippen molar-refractivity contribution in [2.75, 3.05) is 6.61 Å². The molecule has 0 fully saturated rings. The first-order chi connectivity index (χ1) is 14.9. The summed E-state index contributed by atoms with van der Waals surface area (Å²) < 4.78 is 7.25. The van der Waals surface area contributed by atoms with E-state index in [9.17, 15) is 4.79 Å². The van der Waals surface area contributed by atoms with Gasteiger partial charge in [0.15, 0.2) is 5.96 Å². The Morgan fingerprint density at radius 1 is 1.13 bits per heavy atom. The lowest BCUT2D eigenvalue weighted by atomic mass is 9.97. The van der Waals surface area contributed by atoms with E-state index in [2.05, 4.69) is 17.4 Å². The van der Waals surface area contributed by atoms with E-state index in [0.717, 1.165) is 32.8 Å². The van der Waals surface area contributed by atoms with Crippen molar-refractivity contribution in [2.24, 2.45) is 12.8 Å². The zero-order chi connectivity index (χ0) is 22.1. The molecule has 0 atom stereocenters. The summed E-state index contributed by atoms with van der Waals surface area (Å²) >= 11 is 6.40. The number of ether oxygens (including phenoxy) is 1. The smallest absolute Gasteiger partial charge is 0.340 e. The van der Waals surface area contributed by atoms with Gasteiger partial charge in [0.1, 0.15) is 0 Å². The number of rotatable bonds is 5. The van der Waals surface area contributed by atoms with Crippen molar-refractivity contribution in [3.63, 3.8) is 0 Å². The Kier molecular flexibility index (Phi) is 5.57. The van der Waals surface area contributed by atoms with E-state index in [1.54, 1.807) is 6.92 Å². The van der Waals surface area contributed by atoms with Crippen LogP contribution in [0.15, 0.2) is 54.6 Å². The number of hydrogen-bond donors (Lipinski definition) is 3. The largest absolute Gasteiger partial charge is 0.462 e. The maximum Gasteiger partial charge on any atom is 0.340 e. The van der Waals surface area contributed by atoms with Gasteiger partial charge in [-0.3, -0.25) is 5.41 Å². The third-order valence-corrected chi connectivity index (χ3v) is 5.76. The van der Waals surface area contributed by atoms with Gasteiger partial charge < -0.3 is 20.4 Å². The summed E-state index contributed by atoms with van der Waals surface area (Å²) in [5.74, 6) is -0.550. The van der Waals surface area contributed by atoms with E-state index in [4.69, 9.17) is 27.5 Å². The van der Waals surface area contributed by atoms with Gasteiger partial charge in [0.25, 0.3) is 0 Å². The Labute approximate surface area is 185 Å². The molecule has 4 rings (SSSR count). The highest BCUT2D eigenvalue weighted by atomic mass is 35.5. The summed E-state index contributed by atoms with van der Waals surface area (Å²) in [6.07, 6.45) is 0. The van der Waals surface area contributed by atoms with Crippen LogP contribution in [0.4, 0.5) is 0 Å². The monoisotopic (exact) mass is 434 g/mol. The summed E-state index contributed by atoms with van der Waals surface area (Å²) in [5, 5.41) is 13.8. The quantitative estimate of drug-likeness (QED) is 0.238. The van der Waals surface area contributed by atoms with Crippen molar-refractivity contribution in [3.05, 3.63) is 70.9 Å². The highest BCUT2D eigenvalue weighted by molar-refractivity contribution is 6.36. The SMILES string of the molecule is CCOC(=O)c1c(CNC(=N)N)n(C)c2cc(-c3ccc(Cl)c4ccccc34)ccc12. The molecule has 158 valence electrons. The third-order valence-electron chi connectivity index (χ3n) is 5.43. The van der Waals surface area contributed by atoms with Crippen LogP contribution in [0.25, 0.3) is 32.8 Å². The second-order valence-electron chi connectivity index (χ2n) is 7.24. The molecule has 0 saturated carbocycles. The molecule has 3 aromatic carbocycles. The van der Waals surface area contributed by atoms with Crippen LogP contribution >= 0.6 is 11.6 Å². The third kappa shape index (κ3) is 3.70. The molecule has 0 aliphatic heterocycles. The van der Waals surface area contributed by atoms with Crippen LogP contribution in [0.2, 0.25) is 5.02 Å². The molecular formula is C24H23ClN4O2. The molecule has 0 radical (unpaired) electrons. The predicted molar refractivity (Wildman–Crippen MR) is 126 cm³/mol.